The van der Waals surface area contributed by atoms with E-state index in [4.69, 9.17) is 0 Å². The van der Waals surface area contributed by atoms with Gasteiger partial charge < -0.3 is 0 Å². The van der Waals surface area contributed by atoms with Gasteiger partial charge in [-0.25, -0.2) is 4.98 Å². The van der Waals surface area contributed by atoms with Crippen molar-refractivity contribution in [1.82, 2.24) is 4.98 Å². The van der Waals surface area contributed by atoms with E-state index in [9.17, 15) is 0 Å². The minimum absolute atomic E-state index is 0.865. The van der Waals surface area contributed by atoms with Crippen LogP contribution in [0.3, 0.4) is 0 Å². The average Bonchev–Trinajstić information content (AvgIpc) is 2.49. The third kappa shape index (κ3) is 2.91. The predicted molar refractivity (Wildman–Crippen MR) is 80.1 cm³/mol. The maximum atomic E-state index is 4.62. The molecule has 0 unspecified atom stereocenters. The SMILES string of the molecule is Cc1c[n+](Cc2ccccc2)cc(-c2ccccc2)n1. The minimum Gasteiger partial charge on any atom is -0.241 e. The summed E-state index contributed by atoms with van der Waals surface area (Å²) in [5, 5.41) is 0. The molecule has 0 aliphatic rings. The van der Waals surface area contributed by atoms with Crippen LogP contribution < -0.4 is 4.57 Å². The van der Waals surface area contributed by atoms with Gasteiger partial charge in [0.25, 0.3) is 0 Å². The predicted octanol–water partition coefficient (Wildman–Crippen LogP) is 3.39. The second-order valence-electron chi connectivity index (χ2n) is 4.92. The molecule has 0 bridgehead atoms. The quantitative estimate of drug-likeness (QED) is 0.660. The maximum Gasteiger partial charge on any atom is 0.195 e. The fourth-order valence-electron chi connectivity index (χ4n) is 2.32. The molecule has 0 radical (unpaired) electrons. The van der Waals surface area contributed by atoms with Crippen molar-refractivity contribution < 1.29 is 4.57 Å². The standard InChI is InChI=1S/C18H17N2/c1-15-12-20(13-16-8-4-2-5-9-16)14-18(19-15)17-10-6-3-7-11-17/h2-12,14H,13H2,1H3/q+1. The van der Waals surface area contributed by atoms with Gasteiger partial charge in [0.15, 0.2) is 18.9 Å². The molecule has 98 valence electrons. The molecular formula is C18H17N2+. The average molecular weight is 261 g/mol. The van der Waals surface area contributed by atoms with Crippen molar-refractivity contribution in [3.63, 3.8) is 0 Å². The molecular weight excluding hydrogens is 244 g/mol. The van der Waals surface area contributed by atoms with E-state index in [0.717, 1.165) is 23.5 Å². The molecule has 3 aromatic rings. The largest absolute Gasteiger partial charge is 0.241 e. The minimum atomic E-state index is 0.865. The number of hydrogen-bond acceptors (Lipinski definition) is 1. The van der Waals surface area contributed by atoms with Crippen LogP contribution in [0.4, 0.5) is 0 Å². The Morgan fingerprint density at radius 2 is 1.50 bits per heavy atom. The lowest BCUT2D eigenvalue weighted by atomic mass is 10.1. The molecule has 0 saturated carbocycles. The summed E-state index contributed by atoms with van der Waals surface area (Å²) in [6.07, 6.45) is 4.19. The first-order chi connectivity index (χ1) is 9.81. The van der Waals surface area contributed by atoms with Crippen LogP contribution in [0.15, 0.2) is 73.1 Å². The summed E-state index contributed by atoms with van der Waals surface area (Å²) in [4.78, 5) is 4.62. The second-order valence-corrected chi connectivity index (χ2v) is 4.92. The zero-order valence-electron chi connectivity index (χ0n) is 11.5. The van der Waals surface area contributed by atoms with Crippen LogP contribution in [-0.4, -0.2) is 4.98 Å². The molecule has 3 rings (SSSR count). The van der Waals surface area contributed by atoms with Crippen molar-refractivity contribution in [2.24, 2.45) is 0 Å². The number of aromatic nitrogens is 2. The van der Waals surface area contributed by atoms with E-state index in [1.165, 1.54) is 5.56 Å². The number of benzene rings is 2. The van der Waals surface area contributed by atoms with E-state index in [-0.39, 0.29) is 0 Å². The third-order valence-corrected chi connectivity index (χ3v) is 3.22. The van der Waals surface area contributed by atoms with E-state index in [1.807, 2.05) is 31.2 Å². The van der Waals surface area contributed by atoms with Gasteiger partial charge in [0.2, 0.25) is 0 Å². The topological polar surface area (TPSA) is 16.8 Å². The number of nitrogens with zero attached hydrogens (tertiary/aromatic N) is 2. The summed E-state index contributed by atoms with van der Waals surface area (Å²) >= 11 is 0. The molecule has 20 heavy (non-hydrogen) atoms. The first-order valence-electron chi connectivity index (χ1n) is 6.78. The zero-order chi connectivity index (χ0) is 13.8. The molecule has 0 amide bonds. The van der Waals surface area contributed by atoms with E-state index >= 15 is 0 Å². The van der Waals surface area contributed by atoms with Crippen LogP contribution in [0, 0.1) is 6.92 Å². The van der Waals surface area contributed by atoms with Crippen LogP contribution >= 0.6 is 0 Å². The highest BCUT2D eigenvalue weighted by Crippen LogP contribution is 2.14. The van der Waals surface area contributed by atoms with Gasteiger partial charge in [-0.15, -0.1) is 0 Å². The Morgan fingerprint density at radius 1 is 0.850 bits per heavy atom. The van der Waals surface area contributed by atoms with Gasteiger partial charge in [0, 0.05) is 11.1 Å². The number of aryl methyl sites for hydroxylation is 1. The summed E-state index contributed by atoms with van der Waals surface area (Å²) < 4.78 is 2.19. The third-order valence-electron chi connectivity index (χ3n) is 3.22. The van der Waals surface area contributed by atoms with Crippen LogP contribution in [-0.2, 0) is 6.54 Å². The van der Waals surface area contributed by atoms with Crippen molar-refractivity contribution in [2.75, 3.05) is 0 Å². The maximum absolute atomic E-state index is 4.62. The Hall–Kier alpha value is -2.48. The van der Waals surface area contributed by atoms with Crippen molar-refractivity contribution in [2.45, 2.75) is 13.5 Å². The lowest BCUT2D eigenvalue weighted by Gasteiger charge is -2.03. The van der Waals surface area contributed by atoms with E-state index in [0.29, 0.717) is 0 Å². The second kappa shape index (κ2) is 5.66. The molecule has 1 aromatic heterocycles. The van der Waals surface area contributed by atoms with Gasteiger partial charge in [-0.05, 0) is 6.92 Å². The first-order valence-corrected chi connectivity index (χ1v) is 6.78. The van der Waals surface area contributed by atoms with Gasteiger partial charge in [-0.3, -0.25) is 0 Å². The van der Waals surface area contributed by atoms with Crippen LogP contribution in [0.5, 0.6) is 0 Å². The summed E-state index contributed by atoms with van der Waals surface area (Å²) in [5.41, 5.74) is 4.49. The molecule has 0 aliphatic carbocycles. The Kier molecular flexibility index (Phi) is 3.55. The fourth-order valence-corrected chi connectivity index (χ4v) is 2.32. The molecule has 2 heteroatoms. The fraction of sp³-hybridized carbons (Fsp3) is 0.111. The molecule has 2 nitrogen and oxygen atoms in total. The first kappa shape index (κ1) is 12.5. The van der Waals surface area contributed by atoms with Gasteiger partial charge in [-0.1, -0.05) is 60.7 Å². The molecule has 0 fully saturated rings. The molecule has 0 saturated heterocycles. The lowest BCUT2D eigenvalue weighted by molar-refractivity contribution is -0.688. The van der Waals surface area contributed by atoms with Crippen LogP contribution in [0.1, 0.15) is 11.3 Å². The molecule has 0 aliphatic heterocycles. The van der Waals surface area contributed by atoms with Crippen molar-refractivity contribution in [1.29, 1.82) is 0 Å². The normalized spacial score (nSPS) is 10.4. The van der Waals surface area contributed by atoms with Crippen molar-refractivity contribution in [3.8, 4) is 11.3 Å². The molecule has 0 spiro atoms. The highest BCUT2D eigenvalue weighted by molar-refractivity contribution is 5.56. The molecule has 1 heterocycles. The Bertz CT molecular complexity index is 691. The lowest BCUT2D eigenvalue weighted by Crippen LogP contribution is -2.34. The number of hydrogen-bond donors (Lipinski definition) is 0. The highest BCUT2D eigenvalue weighted by Gasteiger charge is 2.09. The van der Waals surface area contributed by atoms with Gasteiger partial charge >= 0.3 is 0 Å². The Morgan fingerprint density at radius 3 is 2.20 bits per heavy atom. The summed E-state index contributed by atoms with van der Waals surface area (Å²) in [7, 11) is 0. The molecule has 0 atom stereocenters. The van der Waals surface area contributed by atoms with Crippen molar-refractivity contribution >= 4 is 0 Å². The van der Waals surface area contributed by atoms with E-state index < -0.39 is 0 Å². The molecule has 0 N–H and O–H groups in total. The van der Waals surface area contributed by atoms with E-state index in [1.54, 1.807) is 0 Å². The smallest absolute Gasteiger partial charge is 0.195 e. The summed E-state index contributed by atoms with van der Waals surface area (Å²) in [5.74, 6) is 0. The summed E-state index contributed by atoms with van der Waals surface area (Å²) in [6, 6.07) is 20.8. The van der Waals surface area contributed by atoms with Crippen molar-refractivity contribution in [3.05, 3.63) is 84.3 Å². The highest BCUT2D eigenvalue weighted by atomic mass is 15.0. The zero-order valence-corrected chi connectivity index (χ0v) is 11.5. The molecule has 2 aromatic carbocycles. The van der Waals surface area contributed by atoms with Crippen LogP contribution in [0.2, 0.25) is 0 Å². The van der Waals surface area contributed by atoms with Gasteiger partial charge in [0.05, 0.1) is 0 Å². The number of rotatable bonds is 3. The Balaban J connectivity index is 1.95. The monoisotopic (exact) mass is 261 g/mol. The Labute approximate surface area is 119 Å². The van der Waals surface area contributed by atoms with Gasteiger partial charge in [0.1, 0.15) is 11.4 Å². The van der Waals surface area contributed by atoms with Gasteiger partial charge in [-0.2, -0.15) is 4.57 Å². The summed E-state index contributed by atoms with van der Waals surface area (Å²) in [6.45, 7) is 2.90. The van der Waals surface area contributed by atoms with E-state index in [2.05, 4.69) is 58.3 Å². The van der Waals surface area contributed by atoms with Crippen LogP contribution in [0.25, 0.3) is 11.3 Å².